The summed E-state index contributed by atoms with van der Waals surface area (Å²) in [7, 11) is 0. The number of nitrogens with zero attached hydrogens (tertiary/aromatic N) is 4. The van der Waals surface area contributed by atoms with Crippen LogP contribution in [0.1, 0.15) is 0 Å². The summed E-state index contributed by atoms with van der Waals surface area (Å²) in [5, 5.41) is 2.50. The van der Waals surface area contributed by atoms with E-state index in [0.717, 1.165) is 11.3 Å². The summed E-state index contributed by atoms with van der Waals surface area (Å²) >= 11 is 0. The second-order valence-electron chi connectivity index (χ2n) is 6.85. The molecule has 0 saturated heterocycles. The number of hydrogen-bond acceptors (Lipinski definition) is 1. The Balaban J connectivity index is 1.46. The van der Waals surface area contributed by atoms with Crippen molar-refractivity contribution in [2.75, 3.05) is 0 Å². The Morgan fingerprint density at radius 2 is 1.48 bits per heavy atom. The predicted octanol–water partition coefficient (Wildman–Crippen LogP) is 5.20. The minimum atomic E-state index is 0.962. The van der Waals surface area contributed by atoms with Gasteiger partial charge in [0.25, 0.3) is 0 Å². The topological polar surface area (TPSA) is 26.6 Å². The molecular weight excluding hydrogens is 332 g/mol. The lowest BCUT2D eigenvalue weighted by molar-refractivity contribution is 1.07. The number of aromatic nitrogens is 4. The van der Waals surface area contributed by atoms with E-state index in [4.69, 9.17) is 0 Å². The molecule has 0 atom stereocenters. The first-order chi connectivity index (χ1) is 13.3. The normalized spacial score (nSPS) is 11.7. The van der Waals surface area contributed by atoms with Crippen molar-refractivity contribution in [2.45, 2.75) is 0 Å². The molecule has 0 bridgehead atoms. The third kappa shape index (κ3) is 2.27. The minimum Gasteiger partial charge on any atom is -0.323 e. The fourth-order valence-corrected chi connectivity index (χ4v) is 3.74. The van der Waals surface area contributed by atoms with Gasteiger partial charge in [-0.2, -0.15) is 0 Å². The molecule has 5 aromatic heterocycles. The van der Waals surface area contributed by atoms with Gasteiger partial charge in [0, 0.05) is 65.7 Å². The summed E-state index contributed by atoms with van der Waals surface area (Å²) in [5.74, 6) is 0. The Hall–Kier alpha value is -3.79. The molecule has 0 fully saturated rings. The molecule has 0 aliphatic heterocycles. The van der Waals surface area contributed by atoms with E-state index in [2.05, 4.69) is 104 Å². The summed E-state index contributed by atoms with van der Waals surface area (Å²) < 4.78 is 6.41. The van der Waals surface area contributed by atoms with Gasteiger partial charge in [0.15, 0.2) is 0 Å². The van der Waals surface area contributed by atoms with Gasteiger partial charge in [-0.15, -0.1) is 0 Å². The molecule has 6 rings (SSSR count). The van der Waals surface area contributed by atoms with Gasteiger partial charge in [0.1, 0.15) is 5.65 Å². The molecular formula is C23H16N4. The van der Waals surface area contributed by atoms with Crippen LogP contribution in [0.25, 0.3) is 38.8 Å². The summed E-state index contributed by atoms with van der Waals surface area (Å²) in [6.07, 6.45) is 14.6. The lowest BCUT2D eigenvalue weighted by atomic mass is 10.1. The largest absolute Gasteiger partial charge is 0.323 e. The Bertz CT molecular complexity index is 1400. The van der Waals surface area contributed by atoms with E-state index in [1.54, 1.807) is 0 Å². The Morgan fingerprint density at radius 1 is 0.667 bits per heavy atom. The van der Waals surface area contributed by atoms with Crippen LogP contribution in [0.15, 0.2) is 98.0 Å². The van der Waals surface area contributed by atoms with Crippen molar-refractivity contribution in [3.8, 4) is 16.8 Å². The third-order valence-electron chi connectivity index (χ3n) is 5.15. The van der Waals surface area contributed by atoms with E-state index >= 15 is 0 Å². The van der Waals surface area contributed by atoms with Crippen LogP contribution in [0, 0.1) is 0 Å². The van der Waals surface area contributed by atoms with Crippen molar-refractivity contribution in [1.82, 2.24) is 18.4 Å². The molecule has 0 unspecified atom stereocenters. The Morgan fingerprint density at radius 3 is 2.33 bits per heavy atom. The summed E-state index contributed by atoms with van der Waals surface area (Å²) in [6, 6.07) is 19.2. The molecule has 4 nitrogen and oxygen atoms in total. The van der Waals surface area contributed by atoms with Crippen LogP contribution in [-0.4, -0.2) is 18.4 Å². The highest BCUT2D eigenvalue weighted by atomic mass is 15.0. The highest BCUT2D eigenvalue weighted by Crippen LogP contribution is 2.25. The van der Waals surface area contributed by atoms with E-state index in [1.165, 1.54) is 27.4 Å². The number of imidazole rings is 1. The minimum absolute atomic E-state index is 0.962. The van der Waals surface area contributed by atoms with E-state index < -0.39 is 0 Å². The van der Waals surface area contributed by atoms with Gasteiger partial charge in [-0.25, -0.2) is 4.98 Å². The second-order valence-corrected chi connectivity index (χ2v) is 6.85. The molecule has 0 radical (unpaired) electrons. The van der Waals surface area contributed by atoms with Crippen molar-refractivity contribution < 1.29 is 0 Å². The van der Waals surface area contributed by atoms with Gasteiger partial charge in [-0.1, -0.05) is 24.3 Å². The summed E-state index contributed by atoms with van der Waals surface area (Å²) in [4.78, 5) is 4.31. The quantitative estimate of drug-likeness (QED) is 0.422. The maximum atomic E-state index is 4.31. The first kappa shape index (κ1) is 14.4. The SMILES string of the molecule is c1ccc2cn(-c3ccn4cc(-c5ccc6nccn6c5)cc4c3)cc2c1. The molecule has 0 saturated carbocycles. The first-order valence-electron chi connectivity index (χ1n) is 8.95. The number of fused-ring (bicyclic) bond motifs is 3. The highest BCUT2D eigenvalue weighted by molar-refractivity contribution is 5.83. The van der Waals surface area contributed by atoms with Crippen LogP contribution >= 0.6 is 0 Å². The van der Waals surface area contributed by atoms with Gasteiger partial charge < -0.3 is 13.4 Å². The molecule has 0 amide bonds. The molecule has 0 spiro atoms. The fourth-order valence-electron chi connectivity index (χ4n) is 3.74. The number of hydrogen-bond donors (Lipinski definition) is 0. The zero-order valence-corrected chi connectivity index (χ0v) is 14.5. The van der Waals surface area contributed by atoms with Gasteiger partial charge in [0.2, 0.25) is 0 Å². The van der Waals surface area contributed by atoms with Crippen molar-refractivity contribution in [3.63, 3.8) is 0 Å². The van der Waals surface area contributed by atoms with Gasteiger partial charge >= 0.3 is 0 Å². The molecule has 0 aliphatic rings. The summed E-state index contributed by atoms with van der Waals surface area (Å²) in [5.41, 5.74) is 5.67. The average molecular weight is 348 g/mol. The maximum Gasteiger partial charge on any atom is 0.136 e. The first-order valence-corrected chi connectivity index (χ1v) is 8.95. The zero-order valence-electron chi connectivity index (χ0n) is 14.5. The zero-order chi connectivity index (χ0) is 17.8. The number of pyridine rings is 2. The van der Waals surface area contributed by atoms with Crippen LogP contribution in [0.3, 0.4) is 0 Å². The molecule has 1 aromatic carbocycles. The molecule has 5 heterocycles. The molecule has 128 valence electrons. The van der Waals surface area contributed by atoms with Gasteiger partial charge in [-0.3, -0.25) is 0 Å². The van der Waals surface area contributed by atoms with Crippen LogP contribution in [0.2, 0.25) is 0 Å². The average Bonchev–Trinajstić information content (AvgIpc) is 3.42. The molecule has 6 aromatic rings. The van der Waals surface area contributed by atoms with Crippen LogP contribution in [0.4, 0.5) is 0 Å². The molecule has 4 heteroatoms. The number of benzene rings is 1. The monoisotopic (exact) mass is 348 g/mol. The summed E-state index contributed by atoms with van der Waals surface area (Å²) in [6.45, 7) is 0. The Kier molecular flexibility index (Phi) is 2.85. The molecule has 27 heavy (non-hydrogen) atoms. The van der Waals surface area contributed by atoms with Crippen LogP contribution in [-0.2, 0) is 0 Å². The van der Waals surface area contributed by atoms with Gasteiger partial charge in [0.05, 0.1) is 0 Å². The number of rotatable bonds is 2. The molecule has 0 aliphatic carbocycles. The highest BCUT2D eigenvalue weighted by Gasteiger charge is 2.06. The van der Waals surface area contributed by atoms with Crippen molar-refractivity contribution in [1.29, 1.82) is 0 Å². The standard InChI is InChI=1S/C23H16N4/c1-2-4-18-15-27(14-17(18)3-1)21-7-9-25-16-20(11-22(25)12-21)19-5-6-23-24-8-10-26(23)13-19/h1-16H. The maximum absolute atomic E-state index is 4.31. The van der Waals surface area contributed by atoms with Crippen molar-refractivity contribution in [3.05, 3.63) is 98.0 Å². The fraction of sp³-hybridized carbons (Fsp3) is 0. The van der Waals surface area contributed by atoms with Gasteiger partial charge in [-0.05, 0) is 41.1 Å². The predicted molar refractivity (Wildman–Crippen MR) is 108 cm³/mol. The Labute approximate surface area is 155 Å². The smallest absolute Gasteiger partial charge is 0.136 e. The van der Waals surface area contributed by atoms with E-state index in [1.807, 2.05) is 12.4 Å². The van der Waals surface area contributed by atoms with E-state index in [-0.39, 0.29) is 0 Å². The van der Waals surface area contributed by atoms with E-state index in [0.29, 0.717) is 0 Å². The van der Waals surface area contributed by atoms with Crippen molar-refractivity contribution in [2.24, 2.45) is 0 Å². The molecule has 0 N–H and O–H groups in total. The second kappa shape index (κ2) is 5.35. The van der Waals surface area contributed by atoms with Crippen LogP contribution in [0.5, 0.6) is 0 Å². The van der Waals surface area contributed by atoms with Crippen LogP contribution < -0.4 is 0 Å². The lowest BCUT2D eigenvalue weighted by Crippen LogP contribution is -1.91. The third-order valence-corrected chi connectivity index (χ3v) is 5.15. The van der Waals surface area contributed by atoms with E-state index in [9.17, 15) is 0 Å². The van der Waals surface area contributed by atoms with Crippen molar-refractivity contribution >= 4 is 21.9 Å². The lowest BCUT2D eigenvalue weighted by Gasteiger charge is -2.03.